The van der Waals surface area contributed by atoms with Gasteiger partial charge in [0.25, 0.3) is 0 Å². The minimum atomic E-state index is 0.0458. The quantitative estimate of drug-likeness (QED) is 0.720. The number of nitrogens with zero attached hydrogens (tertiary/aromatic N) is 2. The molecule has 1 heterocycles. The zero-order valence-electron chi connectivity index (χ0n) is 11.2. The van der Waals surface area contributed by atoms with Crippen LogP contribution in [0.15, 0.2) is 57.8 Å². The van der Waals surface area contributed by atoms with Crippen molar-refractivity contribution >= 4 is 27.0 Å². The molecule has 0 saturated carbocycles. The largest absolute Gasteiger partial charge is 0.329 e. The topological polar surface area (TPSA) is 26.9 Å². The number of fused-ring (bicyclic) bond motifs is 1. The summed E-state index contributed by atoms with van der Waals surface area (Å²) < 4.78 is 4.67. The Morgan fingerprint density at radius 2 is 1.55 bits per heavy atom. The van der Waals surface area contributed by atoms with E-state index in [1.807, 2.05) is 64.6 Å². The first-order valence-electron chi connectivity index (χ1n) is 6.64. The summed E-state index contributed by atoms with van der Waals surface area (Å²) in [5, 5.41) is 0. The summed E-state index contributed by atoms with van der Waals surface area (Å²) in [6.45, 7) is 3.26. The van der Waals surface area contributed by atoms with Gasteiger partial charge in [0, 0.05) is 11.0 Å². The molecule has 0 aliphatic carbocycles. The van der Waals surface area contributed by atoms with Crippen LogP contribution in [0.3, 0.4) is 0 Å². The van der Waals surface area contributed by atoms with Crippen LogP contribution < -0.4 is 5.69 Å². The maximum Gasteiger partial charge on any atom is 0.329 e. The lowest BCUT2D eigenvalue weighted by atomic mass is 10.2. The Hall–Kier alpha value is -1.81. The highest BCUT2D eigenvalue weighted by Crippen LogP contribution is 2.19. The SMILES string of the molecule is CCn1c(=O)n(Cc2ccccc2Br)c2ccccc21. The first kappa shape index (κ1) is 13.2. The average molecular weight is 331 g/mol. The van der Waals surface area contributed by atoms with E-state index in [9.17, 15) is 4.79 Å². The molecule has 0 N–H and O–H groups in total. The highest BCUT2D eigenvalue weighted by atomic mass is 79.9. The summed E-state index contributed by atoms with van der Waals surface area (Å²) >= 11 is 3.54. The van der Waals surface area contributed by atoms with Gasteiger partial charge in [-0.2, -0.15) is 0 Å². The van der Waals surface area contributed by atoms with Crippen molar-refractivity contribution in [1.82, 2.24) is 9.13 Å². The third kappa shape index (κ3) is 2.10. The predicted octanol–water partition coefficient (Wildman–Crippen LogP) is 3.63. The predicted molar refractivity (Wildman–Crippen MR) is 85.1 cm³/mol. The third-order valence-corrected chi connectivity index (χ3v) is 4.30. The molecule has 3 nitrogen and oxygen atoms in total. The molecule has 0 fully saturated rings. The standard InChI is InChI=1S/C16H15BrN2O/c1-2-18-14-9-5-6-10-15(14)19(16(18)20)11-12-7-3-4-8-13(12)17/h3-10H,2,11H2,1H3. The van der Waals surface area contributed by atoms with E-state index in [-0.39, 0.29) is 5.69 Å². The van der Waals surface area contributed by atoms with Gasteiger partial charge in [-0.05, 0) is 30.7 Å². The molecule has 3 aromatic rings. The minimum absolute atomic E-state index is 0.0458. The molecule has 4 heteroatoms. The fourth-order valence-corrected chi connectivity index (χ4v) is 2.94. The Kier molecular flexibility index (Phi) is 3.49. The van der Waals surface area contributed by atoms with Crippen LogP contribution >= 0.6 is 15.9 Å². The Balaban J connectivity index is 2.20. The van der Waals surface area contributed by atoms with E-state index in [4.69, 9.17) is 0 Å². The van der Waals surface area contributed by atoms with Crippen LogP contribution in [-0.2, 0) is 13.1 Å². The van der Waals surface area contributed by atoms with Gasteiger partial charge in [0.05, 0.1) is 17.6 Å². The van der Waals surface area contributed by atoms with Gasteiger partial charge in [0.1, 0.15) is 0 Å². The minimum Gasteiger partial charge on any atom is -0.292 e. The molecule has 20 heavy (non-hydrogen) atoms. The monoisotopic (exact) mass is 330 g/mol. The Bertz CT molecular complexity index is 817. The van der Waals surface area contributed by atoms with Gasteiger partial charge in [-0.1, -0.05) is 46.3 Å². The van der Waals surface area contributed by atoms with Gasteiger partial charge in [-0.3, -0.25) is 9.13 Å². The molecule has 0 amide bonds. The van der Waals surface area contributed by atoms with Crippen molar-refractivity contribution in [2.45, 2.75) is 20.0 Å². The van der Waals surface area contributed by atoms with E-state index in [0.29, 0.717) is 13.1 Å². The van der Waals surface area contributed by atoms with Gasteiger partial charge >= 0.3 is 5.69 Å². The summed E-state index contributed by atoms with van der Waals surface area (Å²) in [5.74, 6) is 0. The zero-order chi connectivity index (χ0) is 14.1. The van der Waals surface area contributed by atoms with Crippen LogP contribution in [0.5, 0.6) is 0 Å². The second-order valence-corrected chi connectivity index (χ2v) is 5.55. The third-order valence-electron chi connectivity index (χ3n) is 3.53. The number of imidazole rings is 1. The number of rotatable bonds is 3. The molecule has 3 rings (SSSR count). The molecule has 0 unspecified atom stereocenters. The molecule has 0 radical (unpaired) electrons. The fraction of sp³-hybridized carbons (Fsp3) is 0.188. The first-order chi connectivity index (χ1) is 9.72. The summed E-state index contributed by atoms with van der Waals surface area (Å²) in [6, 6.07) is 15.9. The normalized spacial score (nSPS) is 11.1. The van der Waals surface area contributed by atoms with E-state index >= 15 is 0 Å². The lowest BCUT2D eigenvalue weighted by Gasteiger charge is -2.05. The smallest absolute Gasteiger partial charge is 0.292 e. The second kappa shape index (κ2) is 5.29. The Morgan fingerprint density at radius 1 is 0.950 bits per heavy atom. The molecule has 102 valence electrons. The molecule has 0 saturated heterocycles. The first-order valence-corrected chi connectivity index (χ1v) is 7.43. The van der Waals surface area contributed by atoms with Crippen LogP contribution in [0, 0.1) is 0 Å². The Labute approximate surface area is 125 Å². The van der Waals surface area contributed by atoms with Crippen LogP contribution in [0.4, 0.5) is 0 Å². The highest BCUT2D eigenvalue weighted by Gasteiger charge is 2.12. The molecule has 0 aliphatic rings. The number of hydrogen-bond acceptors (Lipinski definition) is 1. The van der Waals surface area contributed by atoms with Crippen LogP contribution in [-0.4, -0.2) is 9.13 Å². The van der Waals surface area contributed by atoms with Crippen molar-refractivity contribution in [2.75, 3.05) is 0 Å². The van der Waals surface area contributed by atoms with Gasteiger partial charge < -0.3 is 0 Å². The number of hydrogen-bond donors (Lipinski definition) is 0. The van der Waals surface area contributed by atoms with Gasteiger partial charge in [-0.25, -0.2) is 4.79 Å². The van der Waals surface area contributed by atoms with Crippen LogP contribution in [0.25, 0.3) is 11.0 Å². The summed E-state index contributed by atoms with van der Waals surface area (Å²) in [6.07, 6.45) is 0. The van der Waals surface area contributed by atoms with Crippen molar-refractivity contribution in [3.8, 4) is 0 Å². The maximum atomic E-state index is 12.5. The van der Waals surface area contributed by atoms with E-state index < -0.39 is 0 Å². The van der Waals surface area contributed by atoms with Crippen molar-refractivity contribution in [3.63, 3.8) is 0 Å². The van der Waals surface area contributed by atoms with E-state index in [1.165, 1.54) is 0 Å². The molecular weight excluding hydrogens is 316 g/mol. The maximum absolute atomic E-state index is 12.5. The number of benzene rings is 2. The number of aryl methyl sites for hydroxylation is 1. The molecule has 0 bridgehead atoms. The zero-order valence-corrected chi connectivity index (χ0v) is 12.8. The van der Waals surface area contributed by atoms with Crippen molar-refractivity contribution < 1.29 is 0 Å². The van der Waals surface area contributed by atoms with E-state index in [2.05, 4.69) is 15.9 Å². The number of aromatic nitrogens is 2. The van der Waals surface area contributed by atoms with Gasteiger partial charge in [0.15, 0.2) is 0 Å². The average Bonchev–Trinajstić information content (AvgIpc) is 2.74. The summed E-state index contributed by atoms with van der Waals surface area (Å²) in [4.78, 5) is 12.5. The fourth-order valence-electron chi connectivity index (χ4n) is 2.53. The second-order valence-electron chi connectivity index (χ2n) is 4.69. The molecule has 0 spiro atoms. The molecule has 0 atom stereocenters. The molecule has 0 aliphatic heterocycles. The van der Waals surface area contributed by atoms with Crippen LogP contribution in [0.2, 0.25) is 0 Å². The highest BCUT2D eigenvalue weighted by molar-refractivity contribution is 9.10. The van der Waals surface area contributed by atoms with E-state index in [1.54, 1.807) is 0 Å². The number of para-hydroxylation sites is 2. The van der Waals surface area contributed by atoms with Crippen LogP contribution in [0.1, 0.15) is 12.5 Å². The molecule has 2 aromatic carbocycles. The van der Waals surface area contributed by atoms with Crippen molar-refractivity contribution in [3.05, 3.63) is 69.1 Å². The van der Waals surface area contributed by atoms with Crippen molar-refractivity contribution in [2.24, 2.45) is 0 Å². The van der Waals surface area contributed by atoms with Gasteiger partial charge in [-0.15, -0.1) is 0 Å². The summed E-state index contributed by atoms with van der Waals surface area (Å²) in [5.41, 5.74) is 3.13. The van der Waals surface area contributed by atoms with Gasteiger partial charge in [0.2, 0.25) is 0 Å². The summed E-state index contributed by atoms with van der Waals surface area (Å²) in [7, 11) is 0. The molecule has 1 aromatic heterocycles. The number of halogens is 1. The van der Waals surface area contributed by atoms with E-state index in [0.717, 1.165) is 21.1 Å². The van der Waals surface area contributed by atoms with Crippen molar-refractivity contribution in [1.29, 1.82) is 0 Å². The Morgan fingerprint density at radius 3 is 2.20 bits per heavy atom. The molecular formula is C16H15BrN2O. The lowest BCUT2D eigenvalue weighted by Crippen LogP contribution is -2.24. The lowest BCUT2D eigenvalue weighted by molar-refractivity contribution is 0.683.